The van der Waals surface area contributed by atoms with Crippen molar-refractivity contribution in [3.8, 4) is 0 Å². The number of likely N-dealkylation sites (tertiary alicyclic amines) is 1. The molecule has 1 heteroatoms. The van der Waals surface area contributed by atoms with Crippen LogP contribution in [0.25, 0.3) is 0 Å². The van der Waals surface area contributed by atoms with E-state index in [1.54, 1.807) is 0 Å². The monoisotopic (exact) mass is 265 g/mol. The minimum atomic E-state index is 0.706. The molecule has 1 aliphatic heterocycles. The van der Waals surface area contributed by atoms with Crippen molar-refractivity contribution in [2.45, 2.75) is 26.3 Å². The summed E-state index contributed by atoms with van der Waals surface area (Å²) in [6, 6.07) is 10.8. The molecule has 0 N–H and O–H groups in total. The van der Waals surface area contributed by atoms with Crippen molar-refractivity contribution in [2.75, 3.05) is 13.1 Å². The van der Waals surface area contributed by atoms with Crippen molar-refractivity contribution < 1.29 is 0 Å². The fourth-order valence-electron chi connectivity index (χ4n) is 3.11. The molecule has 0 bridgehead atoms. The van der Waals surface area contributed by atoms with Crippen molar-refractivity contribution in [1.29, 1.82) is 0 Å². The molecule has 3 rings (SSSR count). The SMILES string of the molecule is CC1=CC=C(C2CCN(Cc3ccccc3)C2)C=CC1. The van der Waals surface area contributed by atoms with Gasteiger partial charge in [0.2, 0.25) is 0 Å². The lowest BCUT2D eigenvalue weighted by Crippen LogP contribution is -2.20. The number of rotatable bonds is 3. The molecule has 0 aromatic heterocycles. The van der Waals surface area contributed by atoms with Crippen LogP contribution in [0, 0.1) is 5.92 Å². The zero-order valence-corrected chi connectivity index (χ0v) is 12.3. The van der Waals surface area contributed by atoms with E-state index in [1.165, 1.54) is 36.2 Å². The summed E-state index contributed by atoms with van der Waals surface area (Å²) in [5.41, 5.74) is 4.39. The lowest BCUT2D eigenvalue weighted by Gasteiger charge is -2.16. The molecule has 1 fully saturated rings. The van der Waals surface area contributed by atoms with Crippen LogP contribution in [0.2, 0.25) is 0 Å². The Morgan fingerprint density at radius 1 is 1.15 bits per heavy atom. The lowest BCUT2D eigenvalue weighted by atomic mass is 9.97. The van der Waals surface area contributed by atoms with Gasteiger partial charge < -0.3 is 0 Å². The van der Waals surface area contributed by atoms with Crippen molar-refractivity contribution in [1.82, 2.24) is 4.90 Å². The zero-order chi connectivity index (χ0) is 13.8. The molecular weight excluding hydrogens is 242 g/mol. The molecule has 0 radical (unpaired) electrons. The Morgan fingerprint density at radius 3 is 2.85 bits per heavy atom. The van der Waals surface area contributed by atoms with E-state index in [0.717, 1.165) is 13.0 Å². The number of hydrogen-bond acceptors (Lipinski definition) is 1. The van der Waals surface area contributed by atoms with Crippen LogP contribution in [0.3, 0.4) is 0 Å². The van der Waals surface area contributed by atoms with Crippen molar-refractivity contribution in [2.24, 2.45) is 5.92 Å². The zero-order valence-electron chi connectivity index (χ0n) is 12.3. The molecule has 1 unspecified atom stereocenters. The molecule has 1 heterocycles. The Labute approximate surface area is 122 Å². The highest BCUT2D eigenvalue weighted by atomic mass is 15.1. The summed E-state index contributed by atoms with van der Waals surface area (Å²) in [6.45, 7) is 5.70. The summed E-state index contributed by atoms with van der Waals surface area (Å²) in [7, 11) is 0. The van der Waals surface area contributed by atoms with Crippen LogP contribution in [0.1, 0.15) is 25.3 Å². The van der Waals surface area contributed by atoms with E-state index in [0.29, 0.717) is 5.92 Å². The molecule has 20 heavy (non-hydrogen) atoms. The lowest BCUT2D eigenvalue weighted by molar-refractivity contribution is 0.323. The van der Waals surface area contributed by atoms with E-state index in [2.05, 4.69) is 66.5 Å². The van der Waals surface area contributed by atoms with Crippen LogP contribution in [0.15, 0.2) is 65.8 Å². The minimum absolute atomic E-state index is 0.706. The maximum atomic E-state index is 2.58. The van der Waals surface area contributed by atoms with Gasteiger partial charge in [0.1, 0.15) is 0 Å². The topological polar surface area (TPSA) is 3.24 Å². The highest BCUT2D eigenvalue weighted by Gasteiger charge is 2.24. The average Bonchev–Trinajstić information content (AvgIpc) is 2.81. The smallest absolute Gasteiger partial charge is 0.0233 e. The van der Waals surface area contributed by atoms with E-state index in [1.807, 2.05) is 0 Å². The molecule has 0 spiro atoms. The van der Waals surface area contributed by atoms with E-state index < -0.39 is 0 Å². The van der Waals surface area contributed by atoms with Gasteiger partial charge in [-0.1, -0.05) is 60.2 Å². The van der Waals surface area contributed by atoms with Crippen LogP contribution in [-0.2, 0) is 6.54 Å². The van der Waals surface area contributed by atoms with Gasteiger partial charge in [0.15, 0.2) is 0 Å². The van der Waals surface area contributed by atoms with Crippen LogP contribution in [0.5, 0.6) is 0 Å². The summed E-state index contributed by atoms with van der Waals surface area (Å²) >= 11 is 0. The van der Waals surface area contributed by atoms with E-state index in [9.17, 15) is 0 Å². The van der Waals surface area contributed by atoms with E-state index in [-0.39, 0.29) is 0 Å². The molecule has 0 saturated carbocycles. The Morgan fingerprint density at radius 2 is 2.00 bits per heavy atom. The third kappa shape index (κ3) is 3.29. The predicted molar refractivity (Wildman–Crippen MR) is 85.4 cm³/mol. The maximum absolute atomic E-state index is 2.58. The molecule has 1 nitrogen and oxygen atoms in total. The second-order valence-corrected chi connectivity index (χ2v) is 5.99. The Hall–Kier alpha value is -1.60. The number of allylic oxidation sites excluding steroid dienone is 5. The highest BCUT2D eigenvalue weighted by molar-refractivity contribution is 5.32. The fraction of sp³-hybridized carbons (Fsp3) is 0.368. The Kier molecular flexibility index (Phi) is 4.17. The first-order chi connectivity index (χ1) is 9.81. The van der Waals surface area contributed by atoms with Crippen LogP contribution in [-0.4, -0.2) is 18.0 Å². The summed E-state index contributed by atoms with van der Waals surface area (Å²) in [5.74, 6) is 0.706. The molecule has 1 aliphatic carbocycles. The Balaban J connectivity index is 1.62. The van der Waals surface area contributed by atoms with Gasteiger partial charge in [-0.25, -0.2) is 0 Å². The molecule has 1 aromatic carbocycles. The maximum Gasteiger partial charge on any atom is 0.0233 e. The van der Waals surface area contributed by atoms with Gasteiger partial charge in [0.05, 0.1) is 0 Å². The number of nitrogens with zero attached hydrogens (tertiary/aromatic N) is 1. The van der Waals surface area contributed by atoms with Crippen LogP contribution < -0.4 is 0 Å². The van der Waals surface area contributed by atoms with Gasteiger partial charge in [-0.05, 0) is 43.4 Å². The van der Waals surface area contributed by atoms with Gasteiger partial charge in [-0.15, -0.1) is 0 Å². The van der Waals surface area contributed by atoms with Gasteiger partial charge in [-0.2, -0.15) is 0 Å². The first-order valence-electron chi connectivity index (χ1n) is 7.61. The largest absolute Gasteiger partial charge is 0.298 e. The van der Waals surface area contributed by atoms with Crippen LogP contribution >= 0.6 is 0 Å². The van der Waals surface area contributed by atoms with Crippen LogP contribution in [0.4, 0.5) is 0 Å². The second-order valence-electron chi connectivity index (χ2n) is 5.99. The van der Waals surface area contributed by atoms with Gasteiger partial charge in [0.25, 0.3) is 0 Å². The van der Waals surface area contributed by atoms with E-state index >= 15 is 0 Å². The third-order valence-electron chi connectivity index (χ3n) is 4.30. The summed E-state index contributed by atoms with van der Waals surface area (Å²) in [4.78, 5) is 2.58. The number of benzene rings is 1. The van der Waals surface area contributed by atoms with Crippen molar-refractivity contribution >= 4 is 0 Å². The first kappa shape index (κ1) is 13.4. The Bertz CT molecular complexity index is 536. The molecule has 0 amide bonds. The third-order valence-corrected chi connectivity index (χ3v) is 4.30. The van der Waals surface area contributed by atoms with Gasteiger partial charge in [0, 0.05) is 13.1 Å². The average molecular weight is 265 g/mol. The van der Waals surface area contributed by atoms with E-state index in [4.69, 9.17) is 0 Å². The van der Waals surface area contributed by atoms with Crippen molar-refractivity contribution in [3.63, 3.8) is 0 Å². The standard InChI is InChI=1S/C19H23N/c1-16-6-5-9-18(11-10-16)19-12-13-20(15-19)14-17-7-3-2-4-8-17/h2-5,7-11,19H,6,12-15H2,1H3. The molecule has 1 aromatic rings. The quantitative estimate of drug-likeness (QED) is 0.785. The molecule has 1 atom stereocenters. The summed E-state index contributed by atoms with van der Waals surface area (Å²) in [5, 5.41) is 0. The van der Waals surface area contributed by atoms with Gasteiger partial charge >= 0.3 is 0 Å². The molecule has 1 saturated heterocycles. The normalized spacial score (nSPS) is 23.4. The molecule has 104 valence electrons. The summed E-state index contributed by atoms with van der Waals surface area (Å²) in [6.07, 6.45) is 11.6. The van der Waals surface area contributed by atoms with Gasteiger partial charge in [-0.3, -0.25) is 4.90 Å². The fourth-order valence-corrected chi connectivity index (χ4v) is 3.11. The minimum Gasteiger partial charge on any atom is -0.298 e. The number of hydrogen-bond donors (Lipinski definition) is 0. The highest BCUT2D eigenvalue weighted by Crippen LogP contribution is 2.27. The predicted octanol–water partition coefficient (Wildman–Crippen LogP) is 4.34. The second kappa shape index (κ2) is 6.23. The first-order valence-corrected chi connectivity index (χ1v) is 7.61. The molecular formula is C19H23N. The van der Waals surface area contributed by atoms with Crippen molar-refractivity contribution in [3.05, 3.63) is 71.3 Å². The molecule has 2 aliphatic rings. The summed E-state index contributed by atoms with van der Waals surface area (Å²) < 4.78 is 0.